The molecule has 140 valence electrons. The molecule has 1 saturated heterocycles. The third-order valence-electron chi connectivity index (χ3n) is 4.62. The molecule has 0 unspecified atom stereocenters. The number of benzene rings is 1. The highest BCUT2D eigenvalue weighted by Gasteiger charge is 2.35. The van der Waals surface area contributed by atoms with Crippen LogP contribution in [0.2, 0.25) is 0 Å². The second-order valence-corrected chi connectivity index (χ2v) is 6.31. The zero-order valence-corrected chi connectivity index (χ0v) is 14.5. The zero-order valence-electron chi connectivity index (χ0n) is 14.5. The molecule has 3 N–H and O–H groups in total. The minimum atomic E-state index is -1.03. The lowest BCUT2D eigenvalue weighted by Crippen LogP contribution is -2.48. The maximum Gasteiger partial charge on any atom is 0.407 e. The van der Waals surface area contributed by atoms with Gasteiger partial charge in [0.25, 0.3) is 5.91 Å². The Bertz CT molecular complexity index is 813. The Labute approximate surface area is 156 Å². The maximum absolute atomic E-state index is 12.5. The highest BCUT2D eigenvalue weighted by Crippen LogP contribution is 2.34. The van der Waals surface area contributed by atoms with E-state index in [1.165, 1.54) is 4.90 Å². The van der Waals surface area contributed by atoms with Gasteiger partial charge < -0.3 is 10.0 Å². The number of carboxylic acid groups (broad SMARTS) is 1. The Morgan fingerprint density at radius 2 is 1.85 bits per heavy atom. The fourth-order valence-corrected chi connectivity index (χ4v) is 3.20. The van der Waals surface area contributed by atoms with E-state index in [9.17, 15) is 19.5 Å². The lowest BCUT2D eigenvalue weighted by Gasteiger charge is -2.37. The van der Waals surface area contributed by atoms with Crippen LogP contribution in [0.25, 0.3) is 0 Å². The van der Waals surface area contributed by atoms with E-state index in [0.717, 1.165) is 5.56 Å². The van der Waals surface area contributed by atoms with Gasteiger partial charge >= 0.3 is 6.09 Å². The molecule has 0 radical (unpaired) electrons. The molecule has 1 fully saturated rings. The molecule has 3 rings (SSSR count). The van der Waals surface area contributed by atoms with Gasteiger partial charge in [-0.2, -0.15) is 0 Å². The lowest BCUT2D eigenvalue weighted by molar-refractivity contribution is -0.127. The van der Waals surface area contributed by atoms with Crippen LogP contribution in [0.3, 0.4) is 0 Å². The number of hydrogen-bond donors (Lipinski definition) is 3. The van der Waals surface area contributed by atoms with Gasteiger partial charge in [0.1, 0.15) is 0 Å². The number of aromatic nitrogens is 1. The monoisotopic (exact) mass is 368 g/mol. The van der Waals surface area contributed by atoms with Crippen molar-refractivity contribution in [2.45, 2.75) is 18.9 Å². The van der Waals surface area contributed by atoms with Crippen molar-refractivity contribution in [3.8, 4) is 0 Å². The first-order valence-electron chi connectivity index (χ1n) is 8.61. The molecular formula is C19H20N4O4. The van der Waals surface area contributed by atoms with E-state index in [2.05, 4.69) is 15.8 Å². The number of carbonyl (C=O) groups excluding carboxylic acids is 2. The van der Waals surface area contributed by atoms with Gasteiger partial charge in [0.15, 0.2) is 0 Å². The fraction of sp³-hybridized carbons (Fsp3) is 0.263. The number of likely N-dealkylation sites (tertiary alicyclic amines) is 1. The first kappa shape index (κ1) is 18.4. The highest BCUT2D eigenvalue weighted by atomic mass is 16.4. The van der Waals surface area contributed by atoms with E-state index in [1.54, 1.807) is 54.9 Å². The second kappa shape index (κ2) is 8.31. The molecule has 0 spiro atoms. The van der Waals surface area contributed by atoms with Crippen LogP contribution < -0.4 is 10.9 Å². The molecule has 8 nitrogen and oxygen atoms in total. The van der Waals surface area contributed by atoms with Gasteiger partial charge in [-0.1, -0.05) is 24.3 Å². The molecule has 2 aromatic rings. The molecule has 1 aromatic carbocycles. The van der Waals surface area contributed by atoms with Crippen LogP contribution in [0.4, 0.5) is 4.79 Å². The van der Waals surface area contributed by atoms with Crippen LogP contribution in [0.15, 0.2) is 54.9 Å². The minimum Gasteiger partial charge on any atom is -0.465 e. The number of hydrogen-bond acceptors (Lipinski definition) is 4. The Hall–Kier alpha value is -3.42. The number of piperidine rings is 1. The van der Waals surface area contributed by atoms with Crippen LogP contribution >= 0.6 is 0 Å². The van der Waals surface area contributed by atoms with Gasteiger partial charge in [-0.15, -0.1) is 0 Å². The van der Waals surface area contributed by atoms with Gasteiger partial charge in [-0.05, 0) is 36.6 Å². The Morgan fingerprint density at radius 1 is 1.07 bits per heavy atom. The van der Waals surface area contributed by atoms with E-state index >= 15 is 0 Å². The summed E-state index contributed by atoms with van der Waals surface area (Å²) in [7, 11) is 0. The van der Waals surface area contributed by atoms with Crippen molar-refractivity contribution in [2.75, 3.05) is 6.54 Å². The first-order valence-corrected chi connectivity index (χ1v) is 8.61. The molecule has 8 heteroatoms. The Morgan fingerprint density at radius 3 is 2.52 bits per heavy atom. The van der Waals surface area contributed by atoms with Crippen molar-refractivity contribution in [1.82, 2.24) is 20.7 Å². The molecule has 3 amide bonds. The van der Waals surface area contributed by atoms with Gasteiger partial charge in [-0.25, -0.2) is 4.79 Å². The van der Waals surface area contributed by atoms with Crippen molar-refractivity contribution in [3.63, 3.8) is 0 Å². The van der Waals surface area contributed by atoms with Crippen LogP contribution in [-0.4, -0.2) is 39.4 Å². The number of pyridine rings is 1. The van der Waals surface area contributed by atoms with Gasteiger partial charge in [-0.3, -0.25) is 25.4 Å². The summed E-state index contributed by atoms with van der Waals surface area (Å²) >= 11 is 0. The molecule has 0 aliphatic carbocycles. The summed E-state index contributed by atoms with van der Waals surface area (Å²) in [5, 5.41) is 9.45. The smallest absolute Gasteiger partial charge is 0.407 e. The Balaban J connectivity index is 1.64. The fourth-order valence-electron chi connectivity index (χ4n) is 3.20. The van der Waals surface area contributed by atoms with Gasteiger partial charge in [0.2, 0.25) is 5.91 Å². The number of carbonyl (C=O) groups is 3. The summed E-state index contributed by atoms with van der Waals surface area (Å²) in [5.74, 6) is -1.16. The van der Waals surface area contributed by atoms with Crippen molar-refractivity contribution < 1.29 is 19.5 Å². The van der Waals surface area contributed by atoms with Crippen molar-refractivity contribution >= 4 is 17.9 Å². The predicted molar refractivity (Wildman–Crippen MR) is 96.5 cm³/mol. The lowest BCUT2D eigenvalue weighted by atomic mass is 9.87. The molecule has 1 aliphatic heterocycles. The number of hydrazine groups is 1. The molecule has 1 aliphatic rings. The predicted octanol–water partition coefficient (Wildman–Crippen LogP) is 1.97. The SMILES string of the molecule is O=C(NNC(=O)[C@@H]1CCN(C(=O)O)[C@@H](c2cccnc2)C1)c1ccccc1. The third kappa shape index (κ3) is 4.41. The Kier molecular flexibility index (Phi) is 5.65. The van der Waals surface area contributed by atoms with Crippen molar-refractivity contribution in [3.05, 3.63) is 66.0 Å². The largest absolute Gasteiger partial charge is 0.465 e. The average Bonchev–Trinajstić information content (AvgIpc) is 2.72. The molecule has 0 bridgehead atoms. The van der Waals surface area contributed by atoms with E-state index in [0.29, 0.717) is 18.4 Å². The number of nitrogens with zero attached hydrogens (tertiary/aromatic N) is 2. The van der Waals surface area contributed by atoms with Gasteiger partial charge in [0.05, 0.1) is 6.04 Å². The quantitative estimate of drug-likeness (QED) is 0.717. The molecule has 2 atom stereocenters. The topological polar surface area (TPSA) is 112 Å². The summed E-state index contributed by atoms with van der Waals surface area (Å²) in [6.45, 7) is 0.236. The summed E-state index contributed by atoms with van der Waals surface area (Å²) in [5.41, 5.74) is 6.03. The highest BCUT2D eigenvalue weighted by molar-refractivity contribution is 5.95. The molecule has 0 saturated carbocycles. The van der Waals surface area contributed by atoms with Crippen LogP contribution in [0.5, 0.6) is 0 Å². The van der Waals surface area contributed by atoms with E-state index in [4.69, 9.17) is 0 Å². The molecule has 2 heterocycles. The van der Waals surface area contributed by atoms with Crippen molar-refractivity contribution in [1.29, 1.82) is 0 Å². The molecular weight excluding hydrogens is 348 g/mol. The second-order valence-electron chi connectivity index (χ2n) is 6.31. The zero-order chi connectivity index (χ0) is 19.2. The normalized spacial score (nSPS) is 19.2. The minimum absolute atomic E-state index is 0.236. The summed E-state index contributed by atoms with van der Waals surface area (Å²) in [6.07, 6.45) is 2.90. The summed E-state index contributed by atoms with van der Waals surface area (Å²) < 4.78 is 0. The standard InChI is InChI=1S/C19H20N4O4/c24-17(13-5-2-1-3-6-13)21-22-18(25)14-8-10-23(19(26)27)16(11-14)15-7-4-9-20-12-15/h1-7,9,12,14,16H,8,10-11H2,(H,21,24)(H,22,25)(H,26,27)/t14-,16-/m1/s1. The molecule has 1 aromatic heterocycles. The first-order chi connectivity index (χ1) is 13.1. The van der Waals surface area contributed by atoms with Crippen LogP contribution in [-0.2, 0) is 4.79 Å². The van der Waals surface area contributed by atoms with Gasteiger partial charge in [0, 0.05) is 30.4 Å². The third-order valence-corrected chi connectivity index (χ3v) is 4.62. The summed E-state index contributed by atoms with van der Waals surface area (Å²) in [6, 6.07) is 11.6. The number of nitrogens with one attached hydrogen (secondary N) is 2. The molecule has 27 heavy (non-hydrogen) atoms. The van der Waals surface area contributed by atoms with E-state index in [-0.39, 0.29) is 12.5 Å². The number of amides is 3. The average molecular weight is 368 g/mol. The van der Waals surface area contributed by atoms with Crippen LogP contribution in [0.1, 0.15) is 34.8 Å². The van der Waals surface area contributed by atoms with Crippen molar-refractivity contribution in [2.24, 2.45) is 5.92 Å². The van der Waals surface area contributed by atoms with Crippen LogP contribution in [0, 0.1) is 5.92 Å². The number of rotatable bonds is 3. The maximum atomic E-state index is 12.5. The summed E-state index contributed by atoms with van der Waals surface area (Å²) in [4.78, 5) is 41.4. The van der Waals surface area contributed by atoms with E-state index in [1.807, 2.05) is 0 Å². The van der Waals surface area contributed by atoms with E-state index < -0.39 is 24.0 Å².